The van der Waals surface area contributed by atoms with E-state index in [2.05, 4.69) is 10.2 Å². The second kappa shape index (κ2) is 12.4. The molecule has 1 saturated heterocycles. The van der Waals surface area contributed by atoms with E-state index in [0.717, 1.165) is 10.9 Å². The van der Waals surface area contributed by atoms with Crippen LogP contribution in [0.3, 0.4) is 0 Å². The third kappa shape index (κ3) is 6.04. The van der Waals surface area contributed by atoms with Crippen molar-refractivity contribution in [1.29, 1.82) is 0 Å². The lowest BCUT2D eigenvalue weighted by Gasteiger charge is -2.47. The fourth-order valence-corrected chi connectivity index (χ4v) is 6.56. The van der Waals surface area contributed by atoms with Crippen molar-refractivity contribution < 1.29 is 24.2 Å². The highest BCUT2D eigenvalue weighted by molar-refractivity contribution is 5.95. The smallest absolute Gasteiger partial charge is 0.406 e. The molecule has 4 aromatic rings. The zero-order valence-electron chi connectivity index (χ0n) is 26.3. The number of hydrogen-bond acceptors (Lipinski definition) is 7. The summed E-state index contributed by atoms with van der Waals surface area (Å²) in [5.41, 5.74) is -2.28. The first-order valence-corrected chi connectivity index (χ1v) is 15.1. The van der Waals surface area contributed by atoms with Crippen LogP contribution in [-0.4, -0.2) is 64.9 Å². The van der Waals surface area contributed by atoms with Crippen molar-refractivity contribution in [2.75, 3.05) is 33.9 Å². The molecule has 11 heteroatoms. The minimum Gasteiger partial charge on any atom is -0.497 e. The number of pyridine rings is 2. The number of amides is 1. The Bertz CT molecular complexity index is 1860. The summed E-state index contributed by atoms with van der Waals surface area (Å²) in [5.74, 6) is 0.209. The van der Waals surface area contributed by atoms with Crippen molar-refractivity contribution in [1.82, 2.24) is 19.4 Å². The third-order valence-corrected chi connectivity index (χ3v) is 8.80. The van der Waals surface area contributed by atoms with Crippen molar-refractivity contribution in [3.05, 3.63) is 81.4 Å². The quantitative estimate of drug-likeness (QED) is 0.285. The average Bonchev–Trinajstić information content (AvgIpc) is 3.02. The number of carboxylic acid groups (broad SMARTS) is 1. The van der Waals surface area contributed by atoms with Gasteiger partial charge in [-0.2, -0.15) is 0 Å². The maximum Gasteiger partial charge on any atom is 0.406 e. The van der Waals surface area contributed by atoms with Crippen LogP contribution in [0.15, 0.2) is 70.3 Å². The topological polar surface area (TPSA) is 132 Å². The Labute approximate surface area is 261 Å². The fourth-order valence-electron chi connectivity index (χ4n) is 6.56. The summed E-state index contributed by atoms with van der Waals surface area (Å²) >= 11 is 0. The first kappa shape index (κ1) is 31.8. The minimum absolute atomic E-state index is 0.114. The van der Waals surface area contributed by atoms with Crippen molar-refractivity contribution in [3.8, 4) is 11.5 Å². The van der Waals surface area contributed by atoms with E-state index >= 15 is 0 Å². The number of aromatic nitrogens is 2. The van der Waals surface area contributed by atoms with Gasteiger partial charge in [-0.1, -0.05) is 20.8 Å². The molecule has 238 valence electrons. The molecule has 2 aromatic heterocycles. The number of ketones is 1. The molecule has 1 aliphatic rings. The van der Waals surface area contributed by atoms with E-state index < -0.39 is 34.4 Å². The summed E-state index contributed by atoms with van der Waals surface area (Å²) in [6.45, 7) is 7.29. The van der Waals surface area contributed by atoms with Gasteiger partial charge in [0.05, 0.1) is 25.3 Å². The predicted molar refractivity (Wildman–Crippen MR) is 172 cm³/mol. The van der Waals surface area contributed by atoms with Gasteiger partial charge in [-0.3, -0.25) is 24.3 Å². The van der Waals surface area contributed by atoms with Gasteiger partial charge >= 0.3 is 6.09 Å². The number of methoxy groups -OCH3 is 2. The maximum absolute atomic E-state index is 14.5. The zero-order chi connectivity index (χ0) is 32.5. The van der Waals surface area contributed by atoms with Gasteiger partial charge in [0.2, 0.25) is 0 Å². The second-order valence-electron chi connectivity index (χ2n) is 12.6. The van der Waals surface area contributed by atoms with Crippen LogP contribution in [0, 0.1) is 11.3 Å². The van der Waals surface area contributed by atoms with Gasteiger partial charge in [-0.15, -0.1) is 0 Å². The number of likely N-dealkylation sites (tertiary alicyclic amines) is 1. The van der Waals surface area contributed by atoms with E-state index in [1.165, 1.54) is 17.7 Å². The van der Waals surface area contributed by atoms with Crippen molar-refractivity contribution in [2.45, 2.75) is 45.8 Å². The number of hydrogen-bond donors (Lipinski definition) is 2. The van der Waals surface area contributed by atoms with Crippen LogP contribution in [0.4, 0.5) is 4.79 Å². The number of benzene rings is 2. The number of nitrogens with zero attached hydrogens (tertiary/aromatic N) is 3. The van der Waals surface area contributed by atoms with E-state index in [0.29, 0.717) is 61.4 Å². The molecule has 11 nitrogen and oxygen atoms in total. The molecule has 1 aliphatic heterocycles. The molecule has 1 unspecified atom stereocenters. The van der Waals surface area contributed by atoms with E-state index in [1.54, 1.807) is 68.8 Å². The van der Waals surface area contributed by atoms with Crippen LogP contribution in [0.25, 0.3) is 21.8 Å². The van der Waals surface area contributed by atoms with Crippen molar-refractivity contribution >= 4 is 33.7 Å². The van der Waals surface area contributed by atoms with Crippen LogP contribution in [0.2, 0.25) is 0 Å². The summed E-state index contributed by atoms with van der Waals surface area (Å²) in [7, 11) is 3.09. The van der Waals surface area contributed by atoms with E-state index in [9.17, 15) is 24.3 Å². The molecule has 0 radical (unpaired) electrons. The van der Waals surface area contributed by atoms with Gasteiger partial charge in [0.1, 0.15) is 11.5 Å². The minimum atomic E-state index is -1.87. The van der Waals surface area contributed by atoms with Crippen LogP contribution in [0.5, 0.6) is 11.5 Å². The van der Waals surface area contributed by atoms with Gasteiger partial charge in [-0.05, 0) is 73.1 Å². The van der Waals surface area contributed by atoms with Crippen LogP contribution in [-0.2, 0) is 17.0 Å². The molecule has 2 aromatic carbocycles. The van der Waals surface area contributed by atoms with Crippen LogP contribution < -0.4 is 25.9 Å². The Balaban J connectivity index is 1.51. The Morgan fingerprint density at radius 3 is 1.91 bits per heavy atom. The molecule has 45 heavy (non-hydrogen) atoms. The van der Waals surface area contributed by atoms with Gasteiger partial charge in [0, 0.05) is 48.7 Å². The number of piperidine rings is 1. The second-order valence-corrected chi connectivity index (χ2v) is 12.6. The predicted octanol–water partition coefficient (Wildman–Crippen LogP) is 4.28. The lowest BCUT2D eigenvalue weighted by molar-refractivity contribution is -0.142. The van der Waals surface area contributed by atoms with Crippen LogP contribution in [0.1, 0.15) is 33.6 Å². The summed E-state index contributed by atoms with van der Waals surface area (Å²) < 4.78 is 13.9. The third-order valence-electron chi connectivity index (χ3n) is 8.80. The number of ether oxygens (including phenoxy) is 2. The fraction of sp³-hybridized carbons (Fsp3) is 0.412. The molecular formula is C34H40N4O7. The highest BCUT2D eigenvalue weighted by Gasteiger charge is 2.53. The molecular weight excluding hydrogens is 576 g/mol. The number of rotatable bonds is 9. The molecule has 0 spiro atoms. The monoisotopic (exact) mass is 616 g/mol. The molecule has 2 N–H and O–H groups in total. The van der Waals surface area contributed by atoms with Gasteiger partial charge in [-0.25, -0.2) is 4.79 Å². The van der Waals surface area contributed by atoms with E-state index in [-0.39, 0.29) is 5.56 Å². The Morgan fingerprint density at radius 2 is 1.36 bits per heavy atom. The highest BCUT2D eigenvalue weighted by atomic mass is 16.5. The van der Waals surface area contributed by atoms with Crippen LogP contribution >= 0.6 is 0 Å². The molecule has 1 amide bonds. The number of carbonyl (C=O) groups is 2. The first-order chi connectivity index (χ1) is 21.4. The average molecular weight is 617 g/mol. The summed E-state index contributed by atoms with van der Waals surface area (Å²) in [5, 5.41) is 14.4. The lowest BCUT2D eigenvalue weighted by atomic mass is 9.72. The summed E-state index contributed by atoms with van der Waals surface area (Å²) in [4.78, 5) is 55.8. The molecule has 1 atom stereocenters. The van der Waals surface area contributed by atoms with E-state index in [1.807, 2.05) is 18.2 Å². The number of fused-ring (bicyclic) bond motifs is 2. The molecule has 0 bridgehead atoms. The Kier molecular flexibility index (Phi) is 8.75. The number of carbonyl (C=O) groups excluding carboxylic acids is 1. The molecule has 0 aliphatic carbocycles. The normalized spacial score (nSPS) is 15.9. The van der Waals surface area contributed by atoms with E-state index in [4.69, 9.17) is 9.47 Å². The Morgan fingerprint density at radius 1 is 0.822 bits per heavy atom. The largest absolute Gasteiger partial charge is 0.497 e. The summed E-state index contributed by atoms with van der Waals surface area (Å²) in [6.07, 6.45) is -0.520. The SMILES string of the molecule is COc1ccc2ccc(=O)n(CCN3CCC(C(NC(=O)O)(C(=O)C(C)(C)C)n4c(=O)ccc5ccc(OC)cc54)CC3)c2c1. The van der Waals surface area contributed by atoms with Gasteiger partial charge in [0.25, 0.3) is 11.1 Å². The number of nitrogens with one attached hydrogen (secondary N) is 1. The molecule has 3 heterocycles. The molecule has 0 saturated carbocycles. The molecule has 5 rings (SSSR count). The standard InChI is InChI=1S/C34H40N4O7/c1-33(2,3)31(41)34(35-32(42)43,38-28-21-26(45-5)11-7-23(28)9-13-30(38)40)24-14-16-36(17-15-24)18-19-37-27-20-25(44-4)10-6-22(27)8-12-29(37)39/h6-13,20-21,24,35H,14-19H2,1-5H3,(H,42,43). The van der Waals surface area contributed by atoms with Gasteiger partial charge in [0.15, 0.2) is 11.4 Å². The maximum atomic E-state index is 14.5. The first-order valence-electron chi connectivity index (χ1n) is 15.1. The van der Waals surface area contributed by atoms with Crippen molar-refractivity contribution in [2.24, 2.45) is 11.3 Å². The van der Waals surface area contributed by atoms with Crippen molar-refractivity contribution in [3.63, 3.8) is 0 Å². The highest BCUT2D eigenvalue weighted by Crippen LogP contribution is 2.40. The Hall–Kier alpha value is -4.64. The van der Waals surface area contributed by atoms with Gasteiger partial charge < -0.3 is 24.0 Å². The molecule has 1 fully saturated rings. The number of Topliss-reactive ketones (excluding diaryl/α,β-unsaturated/α-hetero) is 1. The zero-order valence-corrected chi connectivity index (χ0v) is 26.3. The lowest BCUT2D eigenvalue weighted by Crippen LogP contribution is -2.66. The summed E-state index contributed by atoms with van der Waals surface area (Å²) in [6, 6.07) is 17.2.